The molecule has 0 heterocycles. The molecule has 0 N–H and O–H groups in total. The fraction of sp³-hybridized carbons (Fsp3) is 0.818. The van der Waals surface area contributed by atoms with Crippen LogP contribution in [-0.4, -0.2) is 19.1 Å². The Morgan fingerprint density at radius 3 is 2.31 bits per heavy atom. The molecule has 0 rings (SSSR count). The van der Waals surface area contributed by atoms with E-state index in [0.717, 1.165) is 0 Å². The zero-order chi connectivity index (χ0) is 10.5. The smallest absolute Gasteiger partial charge is 0.0450 e. The van der Waals surface area contributed by atoms with Gasteiger partial charge >= 0.3 is 0 Å². The molecule has 0 aromatic heterocycles. The van der Waals surface area contributed by atoms with Crippen LogP contribution in [0.5, 0.6) is 0 Å². The van der Waals surface area contributed by atoms with Gasteiger partial charge in [0, 0.05) is 13.3 Å². The summed E-state index contributed by atoms with van der Waals surface area (Å²) in [6, 6.07) is 1.44. The van der Waals surface area contributed by atoms with Crippen LogP contribution in [-0.2, 0) is 0 Å². The highest BCUT2D eigenvalue weighted by molar-refractivity contribution is 8.00. The normalized spacial score (nSPS) is 16.0. The van der Waals surface area contributed by atoms with Gasteiger partial charge in [0.2, 0.25) is 0 Å². The molecule has 78 valence electrons. The summed E-state index contributed by atoms with van der Waals surface area (Å²) >= 11 is 2.10. The highest BCUT2D eigenvalue weighted by atomic mass is 32.2. The van der Waals surface area contributed by atoms with Gasteiger partial charge in [0.15, 0.2) is 0 Å². The van der Waals surface area contributed by atoms with Crippen molar-refractivity contribution in [1.29, 1.82) is 0 Å². The van der Waals surface area contributed by atoms with Crippen molar-refractivity contribution in [3.63, 3.8) is 0 Å². The van der Waals surface area contributed by atoms with E-state index in [2.05, 4.69) is 58.3 Å². The van der Waals surface area contributed by atoms with Crippen LogP contribution in [0.2, 0.25) is 25.7 Å². The van der Waals surface area contributed by atoms with Crippen molar-refractivity contribution in [1.82, 2.24) is 0 Å². The summed E-state index contributed by atoms with van der Waals surface area (Å²) in [6.45, 7) is 14.0. The Morgan fingerprint density at radius 2 is 1.92 bits per heavy atom. The summed E-state index contributed by atoms with van der Waals surface area (Å²) in [6.07, 6.45) is 2.23. The highest BCUT2D eigenvalue weighted by Crippen LogP contribution is 2.22. The molecule has 0 bridgehead atoms. The molecule has 0 aliphatic rings. The second-order valence-corrected chi connectivity index (χ2v) is 11.9. The summed E-state index contributed by atoms with van der Waals surface area (Å²) in [5.74, 6) is 1.34. The third-order valence-electron chi connectivity index (χ3n) is 2.32. The highest BCUT2D eigenvalue weighted by Gasteiger charge is 2.13. The lowest BCUT2D eigenvalue weighted by Gasteiger charge is -2.17. The van der Waals surface area contributed by atoms with E-state index in [1.165, 1.54) is 17.4 Å². The number of allylic oxidation sites excluding steroid dienone is 1. The van der Waals surface area contributed by atoms with E-state index in [1.807, 2.05) is 0 Å². The Morgan fingerprint density at radius 1 is 1.38 bits per heavy atom. The molecule has 0 saturated heterocycles. The van der Waals surface area contributed by atoms with E-state index < -0.39 is 8.07 Å². The number of rotatable bonds is 5. The average molecular weight is 216 g/mol. The quantitative estimate of drug-likeness (QED) is 0.484. The van der Waals surface area contributed by atoms with Crippen molar-refractivity contribution in [2.45, 2.75) is 51.7 Å². The summed E-state index contributed by atoms with van der Waals surface area (Å²) in [5.41, 5.74) is 1.51. The van der Waals surface area contributed by atoms with Crippen molar-refractivity contribution >= 4 is 19.8 Å². The maximum absolute atomic E-state index is 2.45. The number of hydrogen-bond acceptors (Lipinski definition) is 1. The van der Waals surface area contributed by atoms with Gasteiger partial charge in [0.25, 0.3) is 0 Å². The third kappa shape index (κ3) is 7.38. The van der Waals surface area contributed by atoms with Gasteiger partial charge in [0.05, 0.1) is 0 Å². The molecule has 0 aliphatic heterocycles. The Labute approximate surface area is 89.2 Å². The van der Waals surface area contributed by atoms with Gasteiger partial charge < -0.3 is 0 Å². The summed E-state index contributed by atoms with van der Waals surface area (Å²) in [4.78, 5) is 0. The van der Waals surface area contributed by atoms with E-state index >= 15 is 0 Å². The molecule has 0 amide bonds. The molecule has 0 nitrogen and oxygen atoms in total. The maximum Gasteiger partial charge on any atom is 0.0450 e. The van der Waals surface area contributed by atoms with Crippen LogP contribution in [0.25, 0.3) is 0 Å². The molecule has 0 radical (unpaired) electrons. The van der Waals surface area contributed by atoms with Crippen molar-refractivity contribution in [2.24, 2.45) is 0 Å². The topological polar surface area (TPSA) is 0 Å². The van der Waals surface area contributed by atoms with Crippen LogP contribution in [0.15, 0.2) is 11.6 Å². The zero-order valence-corrected chi connectivity index (χ0v) is 11.8. The van der Waals surface area contributed by atoms with Crippen LogP contribution in [0.3, 0.4) is 0 Å². The van der Waals surface area contributed by atoms with Crippen LogP contribution < -0.4 is 0 Å². The van der Waals surface area contributed by atoms with E-state index in [4.69, 9.17) is 0 Å². The first-order valence-corrected chi connectivity index (χ1v) is 9.87. The fourth-order valence-electron chi connectivity index (χ4n) is 0.908. The molecule has 2 heteroatoms. The Bertz CT molecular complexity index is 167. The summed E-state index contributed by atoms with van der Waals surface area (Å²) in [5, 5.41) is 0.710. The molecular formula is C11H24SSi. The van der Waals surface area contributed by atoms with Gasteiger partial charge in [-0.25, -0.2) is 0 Å². The summed E-state index contributed by atoms with van der Waals surface area (Å²) < 4.78 is 0. The van der Waals surface area contributed by atoms with E-state index in [9.17, 15) is 0 Å². The molecule has 1 unspecified atom stereocenters. The number of thioether (sulfide) groups is 1. The molecule has 13 heavy (non-hydrogen) atoms. The van der Waals surface area contributed by atoms with Gasteiger partial charge in [-0.05, 0) is 32.6 Å². The van der Waals surface area contributed by atoms with Crippen LogP contribution in [0.4, 0.5) is 0 Å². The summed E-state index contributed by atoms with van der Waals surface area (Å²) in [7, 11) is -0.809. The van der Waals surface area contributed by atoms with Crippen molar-refractivity contribution in [2.75, 3.05) is 5.75 Å². The Kier molecular flexibility index (Phi) is 6.06. The average Bonchev–Trinajstić information content (AvgIpc) is 2.00. The largest absolute Gasteiger partial charge is 0.155 e. The molecule has 1 atom stereocenters. The molecule has 0 fully saturated rings. The van der Waals surface area contributed by atoms with Crippen LogP contribution >= 0.6 is 11.8 Å². The minimum absolute atomic E-state index is 0.710. The molecular weight excluding hydrogens is 192 g/mol. The van der Waals surface area contributed by atoms with Gasteiger partial charge in [-0.2, -0.15) is 11.8 Å². The first-order valence-electron chi connectivity index (χ1n) is 5.11. The second-order valence-electron chi connectivity index (χ2n) is 4.86. The lowest BCUT2D eigenvalue weighted by atomic mass is 10.2. The van der Waals surface area contributed by atoms with Crippen LogP contribution in [0.1, 0.15) is 20.8 Å². The van der Waals surface area contributed by atoms with Crippen molar-refractivity contribution < 1.29 is 0 Å². The molecule has 0 aliphatic carbocycles. The van der Waals surface area contributed by atoms with Crippen molar-refractivity contribution in [3.8, 4) is 0 Å². The first-order chi connectivity index (χ1) is 5.87. The third-order valence-corrected chi connectivity index (χ3v) is 5.74. The zero-order valence-electron chi connectivity index (χ0n) is 9.98. The lowest BCUT2D eigenvalue weighted by Crippen LogP contribution is -2.20. The van der Waals surface area contributed by atoms with E-state index in [0.29, 0.717) is 5.25 Å². The van der Waals surface area contributed by atoms with Gasteiger partial charge in [0.1, 0.15) is 0 Å². The standard InChI is InChI=1S/C11H24SSi/c1-7-10(2)11(3)12-8-9-13(4,5)6/h7,11H,8-9H2,1-6H3. The second kappa shape index (κ2) is 5.92. The molecule has 0 aromatic carbocycles. The van der Waals surface area contributed by atoms with Crippen molar-refractivity contribution in [3.05, 3.63) is 11.6 Å². The van der Waals surface area contributed by atoms with Crippen LogP contribution in [0, 0.1) is 0 Å². The van der Waals surface area contributed by atoms with Gasteiger partial charge in [-0.1, -0.05) is 31.3 Å². The van der Waals surface area contributed by atoms with Gasteiger partial charge in [-0.15, -0.1) is 0 Å². The fourth-order valence-corrected chi connectivity index (χ4v) is 4.58. The monoisotopic (exact) mass is 216 g/mol. The predicted molar refractivity (Wildman–Crippen MR) is 69.5 cm³/mol. The minimum Gasteiger partial charge on any atom is -0.155 e. The van der Waals surface area contributed by atoms with Gasteiger partial charge in [-0.3, -0.25) is 0 Å². The van der Waals surface area contributed by atoms with E-state index in [-0.39, 0.29) is 0 Å². The molecule has 0 aromatic rings. The predicted octanol–water partition coefficient (Wildman–Crippen LogP) is 4.41. The lowest BCUT2D eigenvalue weighted by molar-refractivity contribution is 1.11. The molecule has 0 spiro atoms. The molecule has 0 saturated carbocycles. The number of hydrogen-bond donors (Lipinski definition) is 0. The van der Waals surface area contributed by atoms with E-state index in [1.54, 1.807) is 0 Å². The SMILES string of the molecule is CC=C(C)C(C)SCC[Si](C)(C)C. The minimum atomic E-state index is -0.809. The Balaban J connectivity index is 3.66. The Hall–Kier alpha value is 0.307. The first kappa shape index (κ1) is 13.3. The maximum atomic E-state index is 2.45.